The van der Waals surface area contributed by atoms with E-state index in [-0.39, 0.29) is 18.4 Å². The van der Waals surface area contributed by atoms with Crippen LogP contribution in [0.25, 0.3) is 0 Å². The maximum atomic E-state index is 12.0. The molecule has 1 aromatic rings. The highest BCUT2D eigenvalue weighted by atomic mass is 32.1. The van der Waals surface area contributed by atoms with Gasteiger partial charge in [-0.3, -0.25) is 4.79 Å². The smallest absolute Gasteiger partial charge is 0.225 e. The Hall–Kier alpha value is -1.31. The van der Waals surface area contributed by atoms with Crippen molar-refractivity contribution >= 4 is 17.2 Å². The predicted molar refractivity (Wildman–Crippen MR) is 76.7 cm³/mol. The largest absolute Gasteiger partial charge is 0.395 e. The van der Waals surface area contributed by atoms with E-state index < -0.39 is 0 Å². The normalized spacial score (nSPS) is 19.2. The van der Waals surface area contributed by atoms with Crippen molar-refractivity contribution < 1.29 is 9.90 Å². The number of amides is 1. The van der Waals surface area contributed by atoms with Crippen molar-refractivity contribution in [3.63, 3.8) is 0 Å². The Balaban J connectivity index is 1.96. The lowest BCUT2D eigenvalue weighted by Gasteiger charge is -2.30. The molecule has 2 heterocycles. The van der Waals surface area contributed by atoms with E-state index in [4.69, 9.17) is 5.11 Å². The van der Waals surface area contributed by atoms with Crippen LogP contribution in [0.4, 0.5) is 0 Å². The van der Waals surface area contributed by atoms with Crippen molar-refractivity contribution in [1.29, 1.82) is 0 Å². The first-order valence-corrected chi connectivity index (χ1v) is 7.54. The van der Waals surface area contributed by atoms with Gasteiger partial charge in [-0.2, -0.15) is 0 Å². The average Bonchev–Trinajstić information content (AvgIpc) is 2.83. The van der Waals surface area contributed by atoms with E-state index in [0.29, 0.717) is 13.0 Å². The Kier molecular flexibility index (Phi) is 5.00. The molecule has 3 nitrogen and oxygen atoms in total. The molecule has 0 aromatic carbocycles. The summed E-state index contributed by atoms with van der Waals surface area (Å²) in [7, 11) is 0. The monoisotopic (exact) mass is 277 g/mol. The first-order chi connectivity index (χ1) is 9.20. The molecule has 1 N–H and O–H groups in total. The summed E-state index contributed by atoms with van der Waals surface area (Å²) in [5.74, 6) is 6.37. The van der Waals surface area contributed by atoms with Gasteiger partial charge in [0.05, 0.1) is 13.2 Å². The average molecular weight is 277 g/mol. The summed E-state index contributed by atoms with van der Waals surface area (Å²) in [4.78, 5) is 15.1. The summed E-state index contributed by atoms with van der Waals surface area (Å²) in [6.07, 6.45) is 2.62. The lowest BCUT2D eigenvalue weighted by Crippen LogP contribution is -2.39. The fourth-order valence-corrected chi connectivity index (χ4v) is 3.06. The summed E-state index contributed by atoms with van der Waals surface area (Å²) in [5, 5.41) is 10.7. The fraction of sp³-hybridized carbons (Fsp3) is 0.533. The molecule has 0 aliphatic carbocycles. The second kappa shape index (κ2) is 6.74. The SMILES string of the molecule is CC1CCCN(Cc2cc(C#CCCO)cs2)C1=O. The van der Waals surface area contributed by atoms with E-state index in [1.807, 2.05) is 23.3 Å². The van der Waals surface area contributed by atoms with Gasteiger partial charge in [0.25, 0.3) is 0 Å². The third kappa shape index (κ3) is 3.82. The Labute approximate surface area is 118 Å². The number of nitrogens with zero attached hydrogens (tertiary/aromatic N) is 1. The van der Waals surface area contributed by atoms with Gasteiger partial charge in [-0.15, -0.1) is 11.3 Å². The van der Waals surface area contributed by atoms with E-state index in [9.17, 15) is 4.79 Å². The van der Waals surface area contributed by atoms with Gasteiger partial charge in [0.1, 0.15) is 0 Å². The van der Waals surface area contributed by atoms with Crippen molar-refractivity contribution in [2.45, 2.75) is 32.7 Å². The molecule has 1 aromatic heterocycles. The Morgan fingerprint density at radius 1 is 1.58 bits per heavy atom. The molecule has 102 valence electrons. The Morgan fingerprint density at radius 3 is 3.21 bits per heavy atom. The number of rotatable bonds is 3. The van der Waals surface area contributed by atoms with Crippen LogP contribution in [-0.4, -0.2) is 29.1 Å². The molecule has 1 atom stereocenters. The van der Waals surface area contributed by atoms with Gasteiger partial charge in [-0.05, 0) is 18.9 Å². The minimum Gasteiger partial charge on any atom is -0.395 e. The zero-order valence-electron chi connectivity index (χ0n) is 11.2. The van der Waals surface area contributed by atoms with Gasteiger partial charge < -0.3 is 10.0 Å². The summed E-state index contributed by atoms with van der Waals surface area (Å²) in [6, 6.07) is 2.04. The molecule has 2 rings (SSSR count). The van der Waals surface area contributed by atoms with Crippen molar-refractivity contribution in [2.24, 2.45) is 5.92 Å². The molecule has 1 unspecified atom stereocenters. The Bertz CT molecular complexity index is 498. The third-order valence-electron chi connectivity index (χ3n) is 3.27. The van der Waals surface area contributed by atoms with E-state index in [2.05, 4.69) is 11.8 Å². The fourth-order valence-electron chi connectivity index (χ4n) is 2.23. The number of piperidine rings is 1. The van der Waals surface area contributed by atoms with Gasteiger partial charge in [0, 0.05) is 34.7 Å². The number of carbonyl (C=O) groups excluding carboxylic acids is 1. The number of thiophene rings is 1. The van der Waals surface area contributed by atoms with Crippen LogP contribution in [0.2, 0.25) is 0 Å². The number of carbonyl (C=O) groups is 1. The van der Waals surface area contributed by atoms with Gasteiger partial charge in [0.15, 0.2) is 0 Å². The molecule has 1 aliphatic rings. The molecular weight excluding hydrogens is 258 g/mol. The summed E-state index contributed by atoms with van der Waals surface area (Å²) in [6.45, 7) is 3.68. The Morgan fingerprint density at radius 2 is 2.42 bits per heavy atom. The second-order valence-electron chi connectivity index (χ2n) is 4.88. The summed E-state index contributed by atoms with van der Waals surface area (Å²) in [5.41, 5.74) is 0.978. The first-order valence-electron chi connectivity index (χ1n) is 6.66. The van der Waals surface area contributed by atoms with Gasteiger partial charge in [-0.1, -0.05) is 18.8 Å². The summed E-state index contributed by atoms with van der Waals surface area (Å²) < 4.78 is 0. The predicted octanol–water partition coefficient (Wildman–Crippen LogP) is 2.24. The number of aliphatic hydroxyl groups is 1. The zero-order chi connectivity index (χ0) is 13.7. The number of likely N-dealkylation sites (tertiary alicyclic amines) is 1. The van der Waals surface area contributed by atoms with Crippen LogP contribution in [0.3, 0.4) is 0 Å². The second-order valence-corrected chi connectivity index (χ2v) is 5.88. The van der Waals surface area contributed by atoms with E-state index in [0.717, 1.165) is 24.9 Å². The van der Waals surface area contributed by atoms with Crippen molar-refractivity contribution in [3.05, 3.63) is 21.9 Å². The number of aliphatic hydroxyl groups excluding tert-OH is 1. The van der Waals surface area contributed by atoms with Crippen molar-refractivity contribution in [3.8, 4) is 11.8 Å². The molecule has 0 radical (unpaired) electrons. The summed E-state index contributed by atoms with van der Waals surface area (Å²) >= 11 is 1.65. The van der Waals surface area contributed by atoms with Gasteiger partial charge in [-0.25, -0.2) is 0 Å². The molecule has 1 amide bonds. The van der Waals surface area contributed by atoms with Gasteiger partial charge >= 0.3 is 0 Å². The molecule has 1 saturated heterocycles. The van der Waals surface area contributed by atoms with Crippen LogP contribution in [0, 0.1) is 17.8 Å². The highest BCUT2D eigenvalue weighted by Crippen LogP contribution is 2.22. The van der Waals surface area contributed by atoms with Crippen molar-refractivity contribution in [2.75, 3.05) is 13.2 Å². The molecular formula is C15H19NO2S. The molecule has 4 heteroatoms. The lowest BCUT2D eigenvalue weighted by atomic mass is 9.99. The minimum atomic E-state index is 0.101. The van der Waals surface area contributed by atoms with Crippen LogP contribution in [0.15, 0.2) is 11.4 Å². The first kappa shape index (κ1) is 14.1. The minimum absolute atomic E-state index is 0.101. The van der Waals surface area contributed by atoms with Crippen LogP contribution < -0.4 is 0 Å². The van der Waals surface area contributed by atoms with Gasteiger partial charge in [0.2, 0.25) is 5.91 Å². The molecule has 1 fully saturated rings. The van der Waals surface area contributed by atoms with Crippen LogP contribution in [0.5, 0.6) is 0 Å². The molecule has 0 spiro atoms. The number of hydrogen-bond acceptors (Lipinski definition) is 3. The number of hydrogen-bond donors (Lipinski definition) is 1. The van der Waals surface area contributed by atoms with Crippen LogP contribution in [0.1, 0.15) is 36.6 Å². The quantitative estimate of drug-likeness (QED) is 0.861. The van der Waals surface area contributed by atoms with E-state index in [1.165, 1.54) is 4.88 Å². The lowest BCUT2D eigenvalue weighted by molar-refractivity contribution is -0.138. The molecule has 0 bridgehead atoms. The third-order valence-corrected chi connectivity index (χ3v) is 4.19. The highest BCUT2D eigenvalue weighted by molar-refractivity contribution is 7.10. The maximum Gasteiger partial charge on any atom is 0.225 e. The van der Waals surface area contributed by atoms with E-state index in [1.54, 1.807) is 11.3 Å². The molecule has 0 saturated carbocycles. The standard InChI is InChI=1S/C15H19NO2S/c1-12-5-4-7-16(15(12)18)10-14-9-13(11-19-14)6-2-3-8-17/h9,11-12,17H,3-5,7-8,10H2,1H3. The van der Waals surface area contributed by atoms with E-state index >= 15 is 0 Å². The topological polar surface area (TPSA) is 40.5 Å². The highest BCUT2D eigenvalue weighted by Gasteiger charge is 2.25. The molecule has 19 heavy (non-hydrogen) atoms. The zero-order valence-corrected chi connectivity index (χ0v) is 12.0. The van der Waals surface area contributed by atoms with Crippen LogP contribution >= 0.6 is 11.3 Å². The maximum absolute atomic E-state index is 12.0. The van der Waals surface area contributed by atoms with Crippen molar-refractivity contribution in [1.82, 2.24) is 4.90 Å². The molecule has 1 aliphatic heterocycles. The van der Waals surface area contributed by atoms with Crippen LogP contribution in [-0.2, 0) is 11.3 Å².